The number of nitrogens with zero attached hydrogens (tertiary/aromatic N) is 1. The predicted molar refractivity (Wildman–Crippen MR) is 125 cm³/mol. The fourth-order valence-corrected chi connectivity index (χ4v) is 5.98. The van der Waals surface area contributed by atoms with Gasteiger partial charge < -0.3 is 10.1 Å². The van der Waals surface area contributed by atoms with Crippen molar-refractivity contribution >= 4 is 38.3 Å². The van der Waals surface area contributed by atoms with Crippen molar-refractivity contribution in [1.82, 2.24) is 9.62 Å². The number of hydrogen-bond donors (Lipinski definition) is 1. The highest BCUT2D eigenvalue weighted by molar-refractivity contribution is 7.89. The zero-order valence-corrected chi connectivity index (χ0v) is 19.3. The third-order valence-corrected chi connectivity index (χ3v) is 8.01. The molecule has 1 aliphatic rings. The molecule has 0 bridgehead atoms. The maximum absolute atomic E-state index is 13.1. The van der Waals surface area contributed by atoms with Crippen molar-refractivity contribution in [3.8, 4) is 5.75 Å². The van der Waals surface area contributed by atoms with E-state index in [-0.39, 0.29) is 22.4 Å². The average Bonchev–Trinajstić information content (AvgIpc) is 2.82. The maximum atomic E-state index is 13.1. The highest BCUT2D eigenvalue weighted by Gasteiger charge is 2.33. The number of carbonyl (C=O) groups is 1. The Morgan fingerprint density at radius 2 is 1.94 bits per heavy atom. The Morgan fingerprint density at radius 1 is 1.16 bits per heavy atom. The summed E-state index contributed by atoms with van der Waals surface area (Å²) in [7, 11) is -2.28. The van der Waals surface area contributed by atoms with Gasteiger partial charge in [0.15, 0.2) is 0 Å². The van der Waals surface area contributed by atoms with E-state index in [1.165, 1.54) is 29.6 Å². The molecule has 1 heterocycles. The highest BCUT2D eigenvalue weighted by atomic mass is 35.5. The Morgan fingerprint density at radius 3 is 2.72 bits per heavy atom. The van der Waals surface area contributed by atoms with Gasteiger partial charge in [-0.2, -0.15) is 4.31 Å². The first kappa shape index (κ1) is 22.6. The summed E-state index contributed by atoms with van der Waals surface area (Å²) in [6.45, 7) is 0.921. The van der Waals surface area contributed by atoms with Crippen LogP contribution in [0.2, 0.25) is 5.02 Å². The van der Waals surface area contributed by atoms with E-state index in [1.54, 1.807) is 0 Å². The molecule has 1 fully saturated rings. The molecular weight excluding hydrogens is 448 g/mol. The molecule has 0 radical (unpaired) electrons. The number of sulfonamides is 1. The van der Waals surface area contributed by atoms with E-state index in [9.17, 15) is 13.2 Å². The third-order valence-electron chi connectivity index (χ3n) is 5.85. The zero-order valence-electron chi connectivity index (χ0n) is 17.8. The number of rotatable bonds is 6. The minimum atomic E-state index is -3.76. The molecule has 0 saturated carbocycles. The molecule has 168 valence electrons. The number of methoxy groups -OCH3 is 1. The molecule has 0 unspecified atom stereocenters. The quantitative estimate of drug-likeness (QED) is 0.582. The summed E-state index contributed by atoms with van der Waals surface area (Å²) in [6.07, 6.45) is 1.27. The summed E-state index contributed by atoms with van der Waals surface area (Å²) in [5, 5.41) is 5.44. The molecule has 1 amide bonds. The number of halogens is 1. The lowest BCUT2D eigenvalue weighted by molar-refractivity contribution is -0.126. The van der Waals surface area contributed by atoms with E-state index in [4.69, 9.17) is 16.3 Å². The van der Waals surface area contributed by atoms with Gasteiger partial charge in [0.1, 0.15) is 5.75 Å². The molecule has 6 nitrogen and oxygen atoms in total. The summed E-state index contributed by atoms with van der Waals surface area (Å²) in [6, 6.07) is 18.4. The number of amides is 1. The molecule has 3 aromatic carbocycles. The van der Waals surface area contributed by atoms with Crippen molar-refractivity contribution in [3.05, 3.63) is 71.2 Å². The fraction of sp³-hybridized carbons (Fsp3) is 0.292. The second kappa shape index (κ2) is 9.48. The number of fused-ring (bicyclic) bond motifs is 1. The summed E-state index contributed by atoms with van der Waals surface area (Å²) >= 11 is 6.12. The van der Waals surface area contributed by atoms with Gasteiger partial charge in [-0.1, -0.05) is 54.1 Å². The van der Waals surface area contributed by atoms with Crippen LogP contribution in [-0.4, -0.2) is 38.8 Å². The molecule has 0 spiro atoms. The molecular formula is C24H25ClN2O4S. The van der Waals surface area contributed by atoms with E-state index in [0.717, 1.165) is 16.3 Å². The van der Waals surface area contributed by atoms with Crippen molar-refractivity contribution in [1.29, 1.82) is 0 Å². The number of piperidine rings is 1. The molecule has 1 N–H and O–H groups in total. The molecule has 32 heavy (non-hydrogen) atoms. The number of nitrogens with one attached hydrogen (secondary N) is 1. The summed E-state index contributed by atoms with van der Waals surface area (Å²) in [5.74, 6) is -0.122. The van der Waals surface area contributed by atoms with Gasteiger partial charge in [-0.15, -0.1) is 0 Å². The van der Waals surface area contributed by atoms with Crippen LogP contribution in [0, 0.1) is 5.92 Å². The SMILES string of the molecule is COc1ccc(S(=O)(=O)N2CCC[C@@H](C(=O)NCc3cccc4ccccc34)C2)cc1Cl. The van der Waals surface area contributed by atoms with Crippen molar-refractivity contribution in [2.45, 2.75) is 24.3 Å². The second-order valence-electron chi connectivity index (χ2n) is 7.85. The normalized spacial score (nSPS) is 17.2. The first-order valence-electron chi connectivity index (χ1n) is 10.5. The van der Waals surface area contributed by atoms with Crippen molar-refractivity contribution in [2.75, 3.05) is 20.2 Å². The number of benzene rings is 3. The highest BCUT2D eigenvalue weighted by Crippen LogP contribution is 2.30. The number of carbonyl (C=O) groups excluding carboxylic acids is 1. The van der Waals surface area contributed by atoms with Gasteiger partial charge in [-0.3, -0.25) is 4.79 Å². The Kier molecular flexibility index (Phi) is 6.69. The van der Waals surface area contributed by atoms with Crippen LogP contribution in [0.5, 0.6) is 5.75 Å². The lowest BCUT2D eigenvalue weighted by atomic mass is 9.98. The third kappa shape index (κ3) is 4.60. The summed E-state index contributed by atoms with van der Waals surface area (Å²) in [5.41, 5.74) is 1.03. The Bertz CT molecular complexity index is 1240. The van der Waals surface area contributed by atoms with Gasteiger partial charge in [-0.05, 0) is 47.4 Å². The smallest absolute Gasteiger partial charge is 0.243 e. The first-order chi connectivity index (χ1) is 15.4. The van der Waals surface area contributed by atoms with Gasteiger partial charge in [0.05, 0.1) is 22.9 Å². The Hall–Kier alpha value is -2.61. The minimum absolute atomic E-state index is 0.0973. The van der Waals surface area contributed by atoms with Gasteiger partial charge in [0.2, 0.25) is 15.9 Å². The maximum Gasteiger partial charge on any atom is 0.243 e. The Balaban J connectivity index is 1.45. The van der Waals surface area contributed by atoms with E-state index in [0.29, 0.717) is 31.7 Å². The molecule has 0 aliphatic carbocycles. The standard InChI is InChI=1S/C24H25ClN2O4S/c1-31-23-12-11-20(14-22(23)25)32(29,30)27-13-5-9-19(16-27)24(28)26-15-18-8-4-7-17-6-2-3-10-21(17)18/h2-4,6-8,10-12,14,19H,5,9,13,15-16H2,1H3,(H,26,28)/t19-/m1/s1. The number of ether oxygens (including phenoxy) is 1. The average molecular weight is 473 g/mol. The predicted octanol–water partition coefficient (Wildman–Crippen LogP) is 4.22. The fourth-order valence-electron chi connectivity index (χ4n) is 4.10. The van der Waals surface area contributed by atoms with E-state index in [2.05, 4.69) is 5.32 Å². The van der Waals surface area contributed by atoms with Crippen molar-refractivity contribution in [3.63, 3.8) is 0 Å². The largest absolute Gasteiger partial charge is 0.495 e. The van der Waals surface area contributed by atoms with Gasteiger partial charge >= 0.3 is 0 Å². The minimum Gasteiger partial charge on any atom is -0.495 e. The molecule has 1 aliphatic heterocycles. The summed E-state index contributed by atoms with van der Waals surface area (Å²) in [4.78, 5) is 13.0. The van der Waals surface area contributed by atoms with Crippen LogP contribution in [0.3, 0.4) is 0 Å². The second-order valence-corrected chi connectivity index (χ2v) is 10.2. The van der Waals surface area contributed by atoms with Gasteiger partial charge in [0.25, 0.3) is 0 Å². The van der Waals surface area contributed by atoms with Crippen LogP contribution in [-0.2, 0) is 21.4 Å². The van der Waals surface area contributed by atoms with Gasteiger partial charge in [0, 0.05) is 19.6 Å². The lowest BCUT2D eigenvalue weighted by Gasteiger charge is -2.31. The van der Waals surface area contributed by atoms with E-state index >= 15 is 0 Å². The van der Waals surface area contributed by atoms with Crippen LogP contribution in [0.15, 0.2) is 65.6 Å². The van der Waals surface area contributed by atoms with Crippen molar-refractivity contribution in [2.24, 2.45) is 5.92 Å². The van der Waals surface area contributed by atoms with Crippen LogP contribution in [0.25, 0.3) is 10.8 Å². The van der Waals surface area contributed by atoms with Crippen molar-refractivity contribution < 1.29 is 17.9 Å². The molecule has 3 aromatic rings. The van der Waals surface area contributed by atoms with E-state index in [1.807, 2.05) is 42.5 Å². The molecule has 1 atom stereocenters. The van der Waals surface area contributed by atoms with Gasteiger partial charge in [-0.25, -0.2) is 8.42 Å². The molecule has 0 aromatic heterocycles. The lowest BCUT2D eigenvalue weighted by Crippen LogP contribution is -2.45. The van der Waals surface area contributed by atoms with Crippen LogP contribution in [0.1, 0.15) is 18.4 Å². The Labute approximate surface area is 193 Å². The zero-order chi connectivity index (χ0) is 22.7. The van der Waals surface area contributed by atoms with Crippen LogP contribution >= 0.6 is 11.6 Å². The monoisotopic (exact) mass is 472 g/mol. The van der Waals surface area contributed by atoms with Crippen LogP contribution < -0.4 is 10.1 Å². The summed E-state index contributed by atoms with van der Waals surface area (Å²) < 4.78 is 32.7. The number of hydrogen-bond acceptors (Lipinski definition) is 4. The molecule has 1 saturated heterocycles. The topological polar surface area (TPSA) is 75.7 Å². The molecule has 8 heteroatoms. The first-order valence-corrected chi connectivity index (χ1v) is 12.3. The molecule has 4 rings (SSSR count). The van der Waals surface area contributed by atoms with E-state index < -0.39 is 15.9 Å². The van der Waals surface area contributed by atoms with Crippen LogP contribution in [0.4, 0.5) is 0 Å².